The molecule has 1 fully saturated rings. The van der Waals surface area contributed by atoms with E-state index in [1.54, 1.807) is 13.4 Å². The van der Waals surface area contributed by atoms with Gasteiger partial charge in [0.25, 0.3) is 0 Å². The van der Waals surface area contributed by atoms with Crippen molar-refractivity contribution in [3.8, 4) is 11.8 Å². The lowest BCUT2D eigenvalue weighted by atomic mass is 10.2. The molecular weight excluding hydrogens is 488 g/mol. The maximum atomic E-state index is 5.87. The highest BCUT2D eigenvalue weighted by Gasteiger charge is 2.16. The predicted octanol–water partition coefficient (Wildman–Crippen LogP) is 3.57. The molecule has 1 aliphatic heterocycles. The lowest BCUT2D eigenvalue weighted by Crippen LogP contribution is -2.39. The average Bonchev–Trinajstić information content (AvgIpc) is 3.24. The molecule has 9 nitrogen and oxygen atoms in total. The standard InChI is InChI=1S/C23H31BrN6O3/c1-3-4-11-33-23-27-21(25-7-8-29-9-12-32-13-10-29)20-22(28-23)30(16-26-20)15-17-14-18(31-2)5-6-19(17)24/h5-6,14,16H,3-4,7-13,15H2,1-2H3,(H,25,27,28). The van der Waals surface area contributed by atoms with Crippen molar-refractivity contribution in [2.75, 3.05) is 58.4 Å². The quantitative estimate of drug-likeness (QED) is 0.385. The summed E-state index contributed by atoms with van der Waals surface area (Å²) in [6.45, 7) is 8.47. The summed E-state index contributed by atoms with van der Waals surface area (Å²) in [6.07, 6.45) is 3.81. The van der Waals surface area contributed by atoms with Gasteiger partial charge in [-0.3, -0.25) is 4.90 Å². The van der Waals surface area contributed by atoms with Crippen LogP contribution in [0.4, 0.5) is 5.82 Å². The molecule has 1 N–H and O–H groups in total. The molecule has 178 valence electrons. The first-order chi connectivity index (χ1) is 16.2. The van der Waals surface area contributed by atoms with Crippen molar-refractivity contribution in [1.29, 1.82) is 0 Å². The van der Waals surface area contributed by atoms with Gasteiger partial charge in [0.15, 0.2) is 17.0 Å². The monoisotopic (exact) mass is 518 g/mol. The fraction of sp³-hybridized carbons (Fsp3) is 0.522. The van der Waals surface area contributed by atoms with Crippen molar-refractivity contribution < 1.29 is 14.2 Å². The van der Waals surface area contributed by atoms with Gasteiger partial charge in [-0.25, -0.2) is 4.98 Å². The Labute approximate surface area is 202 Å². The molecule has 2 aromatic heterocycles. The molecule has 33 heavy (non-hydrogen) atoms. The minimum absolute atomic E-state index is 0.372. The van der Waals surface area contributed by atoms with Gasteiger partial charge >= 0.3 is 6.01 Å². The van der Waals surface area contributed by atoms with Crippen LogP contribution in [-0.2, 0) is 11.3 Å². The number of hydrogen-bond acceptors (Lipinski definition) is 8. The number of fused-ring (bicyclic) bond motifs is 1. The van der Waals surface area contributed by atoms with Crippen LogP contribution >= 0.6 is 15.9 Å². The molecule has 0 atom stereocenters. The van der Waals surface area contributed by atoms with E-state index in [-0.39, 0.29) is 0 Å². The SMILES string of the molecule is CCCCOc1nc(NCCN2CCOCC2)c2ncn(Cc3cc(OC)ccc3Br)c2n1. The van der Waals surface area contributed by atoms with E-state index < -0.39 is 0 Å². The molecular formula is C23H31BrN6O3. The van der Waals surface area contributed by atoms with Crippen LogP contribution in [0.1, 0.15) is 25.3 Å². The lowest BCUT2D eigenvalue weighted by molar-refractivity contribution is 0.0398. The summed E-state index contributed by atoms with van der Waals surface area (Å²) in [4.78, 5) is 16.3. The summed E-state index contributed by atoms with van der Waals surface area (Å²) in [5.41, 5.74) is 2.54. The van der Waals surface area contributed by atoms with E-state index in [0.717, 1.165) is 79.2 Å². The Morgan fingerprint density at radius 3 is 2.85 bits per heavy atom. The van der Waals surface area contributed by atoms with Crippen molar-refractivity contribution in [1.82, 2.24) is 24.4 Å². The number of halogens is 1. The number of imidazole rings is 1. The number of morpholine rings is 1. The van der Waals surface area contributed by atoms with E-state index in [1.165, 1.54) is 0 Å². The molecule has 10 heteroatoms. The van der Waals surface area contributed by atoms with Crippen LogP contribution in [0.2, 0.25) is 0 Å². The van der Waals surface area contributed by atoms with Gasteiger partial charge in [-0.1, -0.05) is 29.3 Å². The first-order valence-electron chi connectivity index (χ1n) is 11.4. The number of benzene rings is 1. The summed E-state index contributed by atoms with van der Waals surface area (Å²) < 4.78 is 19.7. The van der Waals surface area contributed by atoms with Crippen LogP contribution in [0.15, 0.2) is 29.0 Å². The highest BCUT2D eigenvalue weighted by atomic mass is 79.9. The van der Waals surface area contributed by atoms with Crippen LogP contribution in [0.3, 0.4) is 0 Å². The molecule has 0 bridgehead atoms. The molecule has 1 saturated heterocycles. The van der Waals surface area contributed by atoms with Crippen molar-refractivity contribution in [3.05, 3.63) is 34.6 Å². The van der Waals surface area contributed by atoms with Gasteiger partial charge in [-0.2, -0.15) is 9.97 Å². The lowest BCUT2D eigenvalue weighted by Gasteiger charge is -2.26. The maximum absolute atomic E-state index is 5.87. The summed E-state index contributed by atoms with van der Waals surface area (Å²) in [5, 5.41) is 3.45. The van der Waals surface area contributed by atoms with Crippen molar-refractivity contribution >= 4 is 32.9 Å². The number of methoxy groups -OCH3 is 1. The number of nitrogens with one attached hydrogen (secondary N) is 1. The van der Waals surface area contributed by atoms with Crippen LogP contribution in [0, 0.1) is 0 Å². The number of rotatable bonds is 11. The molecule has 0 radical (unpaired) electrons. The normalized spacial score (nSPS) is 14.5. The van der Waals surface area contributed by atoms with Gasteiger partial charge in [0, 0.05) is 30.7 Å². The fourth-order valence-corrected chi connectivity index (χ4v) is 4.05. The third-order valence-electron chi connectivity index (χ3n) is 5.59. The van der Waals surface area contributed by atoms with E-state index in [0.29, 0.717) is 25.0 Å². The molecule has 3 heterocycles. The summed E-state index contributed by atoms with van der Waals surface area (Å²) in [5.74, 6) is 1.50. The fourth-order valence-electron chi connectivity index (χ4n) is 3.68. The van der Waals surface area contributed by atoms with Gasteiger partial charge in [0.2, 0.25) is 0 Å². The second kappa shape index (κ2) is 11.6. The number of unbranched alkanes of at least 4 members (excludes halogenated alkanes) is 1. The van der Waals surface area contributed by atoms with Crippen LogP contribution in [0.5, 0.6) is 11.8 Å². The zero-order chi connectivity index (χ0) is 23.0. The van der Waals surface area contributed by atoms with Crippen molar-refractivity contribution in [3.63, 3.8) is 0 Å². The Balaban J connectivity index is 1.57. The number of aromatic nitrogens is 4. The highest BCUT2D eigenvalue weighted by molar-refractivity contribution is 9.10. The highest BCUT2D eigenvalue weighted by Crippen LogP contribution is 2.26. The molecule has 1 aliphatic rings. The second-order valence-electron chi connectivity index (χ2n) is 7.94. The van der Waals surface area contributed by atoms with E-state index in [1.807, 2.05) is 22.8 Å². The number of anilines is 1. The second-order valence-corrected chi connectivity index (χ2v) is 8.79. The summed E-state index contributed by atoms with van der Waals surface area (Å²) in [6, 6.07) is 6.30. The van der Waals surface area contributed by atoms with E-state index in [9.17, 15) is 0 Å². The van der Waals surface area contributed by atoms with Gasteiger partial charge in [-0.15, -0.1) is 0 Å². The van der Waals surface area contributed by atoms with Gasteiger partial charge in [-0.05, 0) is 30.2 Å². The number of ether oxygens (including phenoxy) is 3. The van der Waals surface area contributed by atoms with E-state index >= 15 is 0 Å². The van der Waals surface area contributed by atoms with Gasteiger partial charge in [0.05, 0.1) is 39.8 Å². The molecule has 0 unspecified atom stereocenters. The van der Waals surface area contributed by atoms with E-state index in [2.05, 4.69) is 48.0 Å². The molecule has 1 aromatic carbocycles. The molecule has 0 spiro atoms. The maximum Gasteiger partial charge on any atom is 0.320 e. The Bertz CT molecular complexity index is 1050. The minimum Gasteiger partial charge on any atom is -0.497 e. The van der Waals surface area contributed by atoms with Crippen molar-refractivity contribution in [2.24, 2.45) is 0 Å². The van der Waals surface area contributed by atoms with Gasteiger partial charge in [0.1, 0.15) is 5.75 Å². The van der Waals surface area contributed by atoms with E-state index in [4.69, 9.17) is 14.2 Å². The Morgan fingerprint density at radius 2 is 2.06 bits per heavy atom. The molecule has 0 aliphatic carbocycles. The first kappa shape index (κ1) is 23.7. The Hall–Kier alpha value is -2.43. The minimum atomic E-state index is 0.372. The zero-order valence-electron chi connectivity index (χ0n) is 19.2. The van der Waals surface area contributed by atoms with Crippen LogP contribution in [0.25, 0.3) is 11.2 Å². The average molecular weight is 519 g/mol. The smallest absolute Gasteiger partial charge is 0.320 e. The molecule has 0 saturated carbocycles. The summed E-state index contributed by atoms with van der Waals surface area (Å²) >= 11 is 3.64. The first-order valence-corrected chi connectivity index (χ1v) is 12.2. The van der Waals surface area contributed by atoms with Gasteiger partial charge < -0.3 is 24.1 Å². The predicted molar refractivity (Wildman–Crippen MR) is 131 cm³/mol. The number of nitrogens with zero attached hydrogens (tertiary/aromatic N) is 5. The van der Waals surface area contributed by atoms with Crippen molar-refractivity contribution in [2.45, 2.75) is 26.3 Å². The largest absolute Gasteiger partial charge is 0.497 e. The Morgan fingerprint density at radius 1 is 1.21 bits per heavy atom. The Kier molecular flexibility index (Phi) is 8.35. The topological polar surface area (TPSA) is 86.6 Å². The third-order valence-corrected chi connectivity index (χ3v) is 6.36. The molecule has 0 amide bonds. The molecule has 3 aromatic rings. The van der Waals surface area contributed by atoms with Crippen LogP contribution in [-0.4, -0.2) is 77.5 Å². The third kappa shape index (κ3) is 6.13. The summed E-state index contributed by atoms with van der Waals surface area (Å²) in [7, 11) is 1.67. The zero-order valence-corrected chi connectivity index (χ0v) is 20.8. The number of hydrogen-bond donors (Lipinski definition) is 1. The molecule has 4 rings (SSSR count). The van der Waals surface area contributed by atoms with Crippen LogP contribution < -0.4 is 14.8 Å².